The Morgan fingerprint density at radius 2 is 1.89 bits per heavy atom. The average Bonchev–Trinajstić information content (AvgIpc) is 3.13. The topological polar surface area (TPSA) is 84.2 Å². The number of imide groups is 1. The molecular weight excluding hydrogens is 230 g/mol. The highest BCUT2D eigenvalue weighted by atomic mass is 16.2. The van der Waals surface area contributed by atoms with Crippen LogP contribution in [-0.2, 0) is 0 Å². The molecule has 1 saturated carbocycles. The Morgan fingerprint density at radius 3 is 2.50 bits per heavy atom. The summed E-state index contributed by atoms with van der Waals surface area (Å²) in [6.07, 6.45) is 5.84. The smallest absolute Gasteiger partial charge is 0.325 e. The Hall–Kier alpha value is -2.30. The van der Waals surface area contributed by atoms with E-state index < -0.39 is 11.9 Å². The van der Waals surface area contributed by atoms with E-state index in [1.54, 1.807) is 30.5 Å². The lowest BCUT2D eigenvalue weighted by molar-refractivity contribution is 0.0965. The first kappa shape index (κ1) is 12.2. The van der Waals surface area contributed by atoms with Crippen LogP contribution in [0.4, 0.5) is 10.5 Å². The Kier molecular flexibility index (Phi) is 3.62. The average molecular weight is 245 g/mol. The minimum absolute atomic E-state index is 0.394. The SMILES string of the molecule is Nc1ccc(C(=O)NC(=O)N/C=C/C2CC2)cc1. The van der Waals surface area contributed by atoms with E-state index in [2.05, 4.69) is 10.6 Å². The van der Waals surface area contributed by atoms with Gasteiger partial charge in [0.25, 0.3) is 5.91 Å². The maximum absolute atomic E-state index is 11.6. The third kappa shape index (κ3) is 3.62. The lowest BCUT2D eigenvalue weighted by Crippen LogP contribution is -2.36. The molecule has 0 bridgehead atoms. The van der Waals surface area contributed by atoms with Crippen LogP contribution < -0.4 is 16.4 Å². The van der Waals surface area contributed by atoms with Crippen molar-refractivity contribution >= 4 is 17.6 Å². The molecular formula is C13H15N3O2. The fourth-order valence-electron chi connectivity index (χ4n) is 1.39. The molecule has 0 saturated heterocycles. The largest absolute Gasteiger partial charge is 0.399 e. The first-order chi connectivity index (χ1) is 8.65. The molecule has 1 aliphatic rings. The molecule has 5 heteroatoms. The van der Waals surface area contributed by atoms with Crippen molar-refractivity contribution in [3.05, 3.63) is 42.1 Å². The van der Waals surface area contributed by atoms with Crippen molar-refractivity contribution in [3.63, 3.8) is 0 Å². The van der Waals surface area contributed by atoms with Crippen LogP contribution in [0.3, 0.4) is 0 Å². The fourth-order valence-corrected chi connectivity index (χ4v) is 1.39. The highest BCUT2D eigenvalue weighted by Crippen LogP contribution is 2.29. The van der Waals surface area contributed by atoms with Gasteiger partial charge in [-0.15, -0.1) is 0 Å². The number of nitrogen functional groups attached to an aromatic ring is 1. The molecule has 1 aromatic carbocycles. The van der Waals surface area contributed by atoms with Gasteiger partial charge in [-0.05, 0) is 43.0 Å². The van der Waals surface area contributed by atoms with Crippen LogP contribution in [0, 0.1) is 5.92 Å². The first-order valence-corrected chi connectivity index (χ1v) is 5.79. The number of carbonyl (C=O) groups excluding carboxylic acids is 2. The second kappa shape index (κ2) is 5.35. The summed E-state index contributed by atoms with van der Waals surface area (Å²) in [6.45, 7) is 0. The highest BCUT2D eigenvalue weighted by molar-refractivity contribution is 6.04. The van der Waals surface area contributed by atoms with Crippen molar-refractivity contribution < 1.29 is 9.59 Å². The predicted molar refractivity (Wildman–Crippen MR) is 68.7 cm³/mol. The maximum atomic E-state index is 11.6. The number of allylic oxidation sites excluding steroid dienone is 1. The van der Waals surface area contributed by atoms with Gasteiger partial charge < -0.3 is 11.1 Å². The molecule has 3 amide bonds. The van der Waals surface area contributed by atoms with E-state index in [4.69, 9.17) is 5.73 Å². The molecule has 18 heavy (non-hydrogen) atoms. The van der Waals surface area contributed by atoms with Gasteiger partial charge in [-0.1, -0.05) is 6.08 Å². The molecule has 94 valence electrons. The van der Waals surface area contributed by atoms with Gasteiger partial charge in [0.2, 0.25) is 0 Å². The number of benzene rings is 1. The normalized spacial score (nSPS) is 14.4. The van der Waals surface area contributed by atoms with Crippen molar-refractivity contribution in [3.8, 4) is 0 Å². The van der Waals surface area contributed by atoms with Crippen LogP contribution in [-0.4, -0.2) is 11.9 Å². The van der Waals surface area contributed by atoms with Gasteiger partial charge in [-0.3, -0.25) is 10.1 Å². The number of nitrogens with one attached hydrogen (secondary N) is 2. The summed E-state index contributed by atoms with van der Waals surface area (Å²) in [5.74, 6) is 0.130. The molecule has 0 aromatic heterocycles. The third-order valence-corrected chi connectivity index (χ3v) is 2.60. The Balaban J connectivity index is 1.82. The van der Waals surface area contributed by atoms with Gasteiger partial charge in [0.1, 0.15) is 0 Å². The van der Waals surface area contributed by atoms with Crippen LogP contribution in [0.1, 0.15) is 23.2 Å². The van der Waals surface area contributed by atoms with E-state index in [9.17, 15) is 9.59 Å². The summed E-state index contributed by atoms with van der Waals surface area (Å²) in [6, 6.07) is 5.82. The van der Waals surface area contributed by atoms with Gasteiger partial charge in [0, 0.05) is 17.5 Å². The van der Waals surface area contributed by atoms with E-state index in [1.807, 2.05) is 6.08 Å². The van der Waals surface area contributed by atoms with Gasteiger partial charge >= 0.3 is 6.03 Å². The van der Waals surface area contributed by atoms with E-state index >= 15 is 0 Å². The number of carbonyl (C=O) groups is 2. The minimum atomic E-state index is -0.534. The molecule has 4 N–H and O–H groups in total. The number of urea groups is 1. The summed E-state index contributed by atoms with van der Waals surface area (Å²) >= 11 is 0. The molecule has 1 aliphatic carbocycles. The Morgan fingerprint density at radius 1 is 1.22 bits per heavy atom. The van der Waals surface area contributed by atoms with E-state index in [1.165, 1.54) is 12.8 Å². The summed E-state index contributed by atoms with van der Waals surface area (Å²) in [5, 5.41) is 4.72. The van der Waals surface area contributed by atoms with Gasteiger partial charge in [0.05, 0.1) is 0 Å². The summed E-state index contributed by atoms with van der Waals surface area (Å²) in [4.78, 5) is 23.0. The van der Waals surface area contributed by atoms with Crippen LogP contribution >= 0.6 is 0 Å². The second-order valence-electron chi connectivity index (χ2n) is 4.25. The van der Waals surface area contributed by atoms with Crippen LogP contribution in [0.25, 0.3) is 0 Å². The monoisotopic (exact) mass is 245 g/mol. The zero-order valence-electron chi connectivity index (χ0n) is 9.85. The molecule has 1 aromatic rings. The number of hydrogen-bond acceptors (Lipinski definition) is 3. The Labute approximate surface area is 105 Å². The first-order valence-electron chi connectivity index (χ1n) is 5.79. The summed E-state index contributed by atoms with van der Waals surface area (Å²) in [5.41, 5.74) is 6.47. The van der Waals surface area contributed by atoms with Gasteiger partial charge in [0.15, 0.2) is 0 Å². The quantitative estimate of drug-likeness (QED) is 0.708. The molecule has 5 nitrogen and oxygen atoms in total. The zero-order valence-corrected chi connectivity index (χ0v) is 9.85. The second-order valence-corrected chi connectivity index (χ2v) is 4.25. The van der Waals surface area contributed by atoms with Gasteiger partial charge in [-0.2, -0.15) is 0 Å². The van der Waals surface area contributed by atoms with Crippen LogP contribution in [0.15, 0.2) is 36.5 Å². The fraction of sp³-hybridized carbons (Fsp3) is 0.231. The van der Waals surface area contributed by atoms with E-state index in [0.29, 0.717) is 17.2 Å². The molecule has 0 spiro atoms. The minimum Gasteiger partial charge on any atom is -0.399 e. The van der Waals surface area contributed by atoms with Gasteiger partial charge in [-0.25, -0.2) is 4.79 Å². The molecule has 0 unspecified atom stereocenters. The standard InChI is InChI=1S/C13H15N3O2/c14-11-5-3-10(4-6-11)12(17)16-13(18)15-8-7-9-1-2-9/h3-9H,1-2,14H2,(H2,15,16,17,18)/b8-7+. The Bertz CT molecular complexity index is 476. The van der Waals surface area contributed by atoms with Crippen LogP contribution in [0.2, 0.25) is 0 Å². The number of amides is 3. The van der Waals surface area contributed by atoms with Crippen LogP contribution in [0.5, 0.6) is 0 Å². The zero-order chi connectivity index (χ0) is 13.0. The van der Waals surface area contributed by atoms with Crippen molar-refractivity contribution in [1.82, 2.24) is 10.6 Å². The predicted octanol–water partition coefficient (Wildman–Crippen LogP) is 1.63. The number of hydrogen-bond donors (Lipinski definition) is 3. The van der Waals surface area contributed by atoms with Crippen molar-refractivity contribution in [2.75, 3.05) is 5.73 Å². The highest BCUT2D eigenvalue weighted by Gasteiger charge is 2.17. The lowest BCUT2D eigenvalue weighted by atomic mass is 10.2. The van der Waals surface area contributed by atoms with Crippen molar-refractivity contribution in [2.24, 2.45) is 5.92 Å². The molecule has 0 radical (unpaired) electrons. The van der Waals surface area contributed by atoms with E-state index in [0.717, 1.165) is 0 Å². The maximum Gasteiger partial charge on any atom is 0.325 e. The van der Waals surface area contributed by atoms with Crippen molar-refractivity contribution in [2.45, 2.75) is 12.8 Å². The molecule has 0 atom stereocenters. The van der Waals surface area contributed by atoms with E-state index in [-0.39, 0.29) is 0 Å². The molecule has 0 heterocycles. The third-order valence-electron chi connectivity index (χ3n) is 2.60. The number of nitrogens with two attached hydrogens (primary N) is 1. The molecule has 0 aliphatic heterocycles. The molecule has 1 fully saturated rings. The molecule has 2 rings (SSSR count). The summed E-state index contributed by atoms with van der Waals surface area (Å²) in [7, 11) is 0. The van der Waals surface area contributed by atoms with Crippen molar-refractivity contribution in [1.29, 1.82) is 0 Å². The number of rotatable bonds is 3. The summed E-state index contributed by atoms with van der Waals surface area (Å²) < 4.78 is 0. The number of anilines is 1. The lowest BCUT2D eigenvalue weighted by Gasteiger charge is -2.03.